The Labute approximate surface area is 107 Å². The minimum absolute atomic E-state index is 0.0363. The zero-order valence-electron chi connectivity index (χ0n) is 10.6. The molecule has 2 rings (SSSR count). The third kappa shape index (κ3) is 2.71. The largest absolute Gasteiger partial charge is 0.394 e. The normalized spacial score (nSPS) is 19.9. The number of ether oxygens (including phenoxy) is 1. The topological polar surface area (TPSA) is 49.8 Å². The van der Waals surface area contributed by atoms with Crippen LogP contribution in [0.5, 0.6) is 0 Å². The van der Waals surface area contributed by atoms with Crippen molar-refractivity contribution in [3.05, 3.63) is 35.4 Å². The molecule has 1 fully saturated rings. The van der Waals surface area contributed by atoms with Crippen LogP contribution < -0.4 is 0 Å². The molecule has 1 unspecified atom stereocenters. The molecule has 0 spiro atoms. The number of aliphatic hydroxyl groups is 1. The number of aryl methyl sites for hydroxylation is 1. The number of carbonyl (C=O) groups is 1. The summed E-state index contributed by atoms with van der Waals surface area (Å²) in [5, 5.41) is 9.10. The van der Waals surface area contributed by atoms with Crippen LogP contribution in [0.25, 0.3) is 0 Å². The summed E-state index contributed by atoms with van der Waals surface area (Å²) in [4.78, 5) is 14.2. The number of carbonyl (C=O) groups excluding carboxylic acids is 1. The van der Waals surface area contributed by atoms with Gasteiger partial charge in [0.05, 0.1) is 19.3 Å². The zero-order valence-corrected chi connectivity index (χ0v) is 10.6. The molecule has 0 aliphatic carbocycles. The van der Waals surface area contributed by atoms with E-state index in [9.17, 15) is 4.79 Å². The molecule has 1 amide bonds. The summed E-state index contributed by atoms with van der Waals surface area (Å²) in [6, 6.07) is 7.68. The lowest BCUT2D eigenvalue weighted by Crippen LogP contribution is -2.47. The van der Waals surface area contributed by atoms with Gasteiger partial charge in [-0.1, -0.05) is 25.1 Å². The van der Waals surface area contributed by atoms with Crippen LogP contribution in [0.15, 0.2) is 24.3 Å². The Morgan fingerprint density at radius 2 is 2.28 bits per heavy atom. The van der Waals surface area contributed by atoms with Gasteiger partial charge in [-0.05, 0) is 18.1 Å². The summed E-state index contributed by atoms with van der Waals surface area (Å²) in [7, 11) is 0. The van der Waals surface area contributed by atoms with E-state index in [4.69, 9.17) is 9.84 Å². The first-order valence-electron chi connectivity index (χ1n) is 6.36. The number of benzene rings is 1. The average Bonchev–Trinajstić information content (AvgIpc) is 2.46. The third-order valence-corrected chi connectivity index (χ3v) is 3.26. The second kappa shape index (κ2) is 5.98. The Bertz CT molecular complexity index is 419. The molecule has 1 aliphatic heterocycles. The van der Waals surface area contributed by atoms with Gasteiger partial charge in [0.1, 0.15) is 0 Å². The lowest BCUT2D eigenvalue weighted by Gasteiger charge is -2.32. The maximum atomic E-state index is 12.4. The van der Waals surface area contributed by atoms with Crippen molar-refractivity contribution in [2.24, 2.45) is 0 Å². The minimum Gasteiger partial charge on any atom is -0.394 e. The molecule has 1 aromatic carbocycles. The molecular weight excluding hydrogens is 230 g/mol. The summed E-state index contributed by atoms with van der Waals surface area (Å²) >= 11 is 0. The number of hydrogen-bond donors (Lipinski definition) is 1. The van der Waals surface area contributed by atoms with Gasteiger partial charge in [0.25, 0.3) is 5.91 Å². The molecule has 0 saturated carbocycles. The molecule has 18 heavy (non-hydrogen) atoms. The van der Waals surface area contributed by atoms with Crippen LogP contribution in [0.4, 0.5) is 0 Å². The highest BCUT2D eigenvalue weighted by atomic mass is 16.5. The molecule has 0 bridgehead atoms. The Hall–Kier alpha value is -1.39. The Morgan fingerprint density at radius 3 is 3.00 bits per heavy atom. The van der Waals surface area contributed by atoms with Crippen LogP contribution in [0.3, 0.4) is 0 Å². The number of amides is 1. The molecule has 98 valence electrons. The molecule has 1 heterocycles. The zero-order chi connectivity index (χ0) is 13.0. The average molecular weight is 249 g/mol. The Morgan fingerprint density at radius 1 is 1.50 bits per heavy atom. The second-order valence-electron chi connectivity index (χ2n) is 4.44. The van der Waals surface area contributed by atoms with Crippen LogP contribution in [-0.4, -0.2) is 48.3 Å². The van der Waals surface area contributed by atoms with Gasteiger partial charge >= 0.3 is 0 Å². The van der Waals surface area contributed by atoms with Crippen molar-refractivity contribution in [3.63, 3.8) is 0 Å². The quantitative estimate of drug-likeness (QED) is 0.872. The van der Waals surface area contributed by atoms with Gasteiger partial charge in [-0.15, -0.1) is 0 Å². The third-order valence-electron chi connectivity index (χ3n) is 3.26. The lowest BCUT2D eigenvalue weighted by molar-refractivity contribution is -0.0447. The van der Waals surface area contributed by atoms with Crippen molar-refractivity contribution < 1.29 is 14.6 Å². The Kier molecular flexibility index (Phi) is 4.33. The molecule has 1 saturated heterocycles. The van der Waals surface area contributed by atoms with Gasteiger partial charge in [-0.2, -0.15) is 0 Å². The monoisotopic (exact) mass is 249 g/mol. The van der Waals surface area contributed by atoms with E-state index in [1.54, 1.807) is 4.90 Å². The number of morpholine rings is 1. The molecule has 4 heteroatoms. The Balaban J connectivity index is 2.15. The van der Waals surface area contributed by atoms with Crippen molar-refractivity contribution in [3.8, 4) is 0 Å². The van der Waals surface area contributed by atoms with Crippen LogP contribution in [0.2, 0.25) is 0 Å². The highest BCUT2D eigenvalue weighted by Crippen LogP contribution is 2.15. The van der Waals surface area contributed by atoms with Crippen LogP contribution in [0.1, 0.15) is 22.8 Å². The SMILES string of the molecule is CCc1ccccc1C(=O)N1CCOC(CO)C1. The van der Waals surface area contributed by atoms with Crippen molar-refractivity contribution in [2.45, 2.75) is 19.4 Å². The number of hydrogen-bond acceptors (Lipinski definition) is 3. The van der Waals surface area contributed by atoms with Gasteiger partial charge in [-0.3, -0.25) is 4.79 Å². The summed E-state index contributed by atoms with van der Waals surface area (Å²) < 4.78 is 5.36. The molecule has 0 aromatic heterocycles. The number of nitrogens with zero attached hydrogens (tertiary/aromatic N) is 1. The van der Waals surface area contributed by atoms with E-state index < -0.39 is 0 Å². The second-order valence-corrected chi connectivity index (χ2v) is 4.44. The fourth-order valence-corrected chi connectivity index (χ4v) is 2.22. The summed E-state index contributed by atoms with van der Waals surface area (Å²) in [6.07, 6.45) is 0.590. The van der Waals surface area contributed by atoms with Gasteiger partial charge < -0.3 is 14.7 Å². The minimum atomic E-state index is -0.253. The van der Waals surface area contributed by atoms with Crippen molar-refractivity contribution >= 4 is 5.91 Å². The molecule has 4 nitrogen and oxygen atoms in total. The maximum absolute atomic E-state index is 12.4. The van der Waals surface area contributed by atoms with Crippen LogP contribution in [-0.2, 0) is 11.2 Å². The molecule has 1 aliphatic rings. The first kappa shape index (κ1) is 13.1. The van der Waals surface area contributed by atoms with E-state index in [-0.39, 0.29) is 18.6 Å². The van der Waals surface area contributed by atoms with Gasteiger partial charge in [0, 0.05) is 18.7 Å². The van der Waals surface area contributed by atoms with E-state index >= 15 is 0 Å². The van der Waals surface area contributed by atoms with Crippen molar-refractivity contribution in [1.29, 1.82) is 0 Å². The smallest absolute Gasteiger partial charge is 0.254 e. The van der Waals surface area contributed by atoms with Crippen molar-refractivity contribution in [2.75, 3.05) is 26.3 Å². The molecule has 1 atom stereocenters. The molecule has 1 aromatic rings. The van der Waals surface area contributed by atoms with Gasteiger partial charge in [0.2, 0.25) is 0 Å². The fraction of sp³-hybridized carbons (Fsp3) is 0.500. The first-order valence-corrected chi connectivity index (χ1v) is 6.36. The fourth-order valence-electron chi connectivity index (χ4n) is 2.22. The van der Waals surface area contributed by atoms with E-state index in [0.717, 1.165) is 17.5 Å². The van der Waals surface area contributed by atoms with E-state index in [1.165, 1.54) is 0 Å². The maximum Gasteiger partial charge on any atom is 0.254 e. The van der Waals surface area contributed by atoms with Crippen LogP contribution in [0, 0.1) is 0 Å². The van der Waals surface area contributed by atoms with Crippen LogP contribution >= 0.6 is 0 Å². The first-order chi connectivity index (χ1) is 8.76. The predicted octanol–water partition coefficient (Wildman–Crippen LogP) is 1.08. The summed E-state index contributed by atoms with van der Waals surface area (Å²) in [5.41, 5.74) is 1.83. The lowest BCUT2D eigenvalue weighted by atomic mass is 10.0. The van der Waals surface area contributed by atoms with E-state index in [1.807, 2.05) is 31.2 Å². The predicted molar refractivity (Wildman–Crippen MR) is 68.5 cm³/mol. The number of aliphatic hydroxyl groups excluding tert-OH is 1. The molecule has 1 N–H and O–H groups in total. The van der Waals surface area contributed by atoms with E-state index in [0.29, 0.717) is 19.7 Å². The summed E-state index contributed by atoms with van der Waals surface area (Å²) in [5.74, 6) is 0.0363. The number of rotatable bonds is 3. The highest BCUT2D eigenvalue weighted by molar-refractivity contribution is 5.95. The van der Waals surface area contributed by atoms with Crippen molar-refractivity contribution in [1.82, 2.24) is 4.90 Å². The standard InChI is InChI=1S/C14H19NO3/c1-2-11-5-3-4-6-13(11)14(17)15-7-8-18-12(9-15)10-16/h3-6,12,16H,2,7-10H2,1H3. The molecule has 0 radical (unpaired) electrons. The molecular formula is C14H19NO3. The van der Waals surface area contributed by atoms with Gasteiger partial charge in [0.15, 0.2) is 0 Å². The van der Waals surface area contributed by atoms with Gasteiger partial charge in [-0.25, -0.2) is 0 Å². The van der Waals surface area contributed by atoms with E-state index in [2.05, 4.69) is 0 Å². The highest BCUT2D eigenvalue weighted by Gasteiger charge is 2.25. The summed E-state index contributed by atoms with van der Waals surface area (Å²) in [6.45, 7) is 3.55.